The van der Waals surface area contributed by atoms with E-state index in [1.807, 2.05) is 6.92 Å². The van der Waals surface area contributed by atoms with E-state index >= 15 is 0 Å². The predicted molar refractivity (Wildman–Crippen MR) is 57.0 cm³/mol. The van der Waals surface area contributed by atoms with Crippen molar-refractivity contribution in [1.82, 2.24) is 0 Å². The number of Topliss-reactive ketones (excluding diaryl/α,β-unsaturated/α-hetero) is 1. The van der Waals surface area contributed by atoms with E-state index in [-0.39, 0.29) is 12.5 Å². The standard InChI is InChI=1S/C12H20O2/c1-9(2)10-6-7-12(14)11(10)5-3-4-8-13/h10-11,13H,1,3-8H2,2H3/t10-,11+/m1/s1. The van der Waals surface area contributed by atoms with Gasteiger partial charge in [0, 0.05) is 18.9 Å². The van der Waals surface area contributed by atoms with Crippen molar-refractivity contribution >= 4 is 5.78 Å². The van der Waals surface area contributed by atoms with E-state index < -0.39 is 0 Å². The van der Waals surface area contributed by atoms with E-state index in [4.69, 9.17) is 5.11 Å². The Hall–Kier alpha value is -0.630. The van der Waals surface area contributed by atoms with Crippen LogP contribution in [0.2, 0.25) is 0 Å². The average Bonchev–Trinajstić information content (AvgIpc) is 2.48. The highest BCUT2D eigenvalue weighted by Crippen LogP contribution is 2.36. The lowest BCUT2D eigenvalue weighted by atomic mass is 9.86. The van der Waals surface area contributed by atoms with Gasteiger partial charge in [-0.2, -0.15) is 0 Å². The zero-order valence-electron chi connectivity index (χ0n) is 8.96. The summed E-state index contributed by atoms with van der Waals surface area (Å²) in [4.78, 5) is 11.6. The Morgan fingerprint density at radius 2 is 2.29 bits per heavy atom. The number of ketones is 1. The van der Waals surface area contributed by atoms with Crippen LogP contribution in [0.5, 0.6) is 0 Å². The third-order valence-electron chi connectivity index (χ3n) is 3.16. The maximum absolute atomic E-state index is 11.6. The molecule has 0 heterocycles. The normalized spacial score (nSPS) is 26.9. The molecule has 0 aromatic heterocycles. The quantitative estimate of drug-likeness (QED) is 0.541. The van der Waals surface area contributed by atoms with Crippen molar-refractivity contribution in [3.8, 4) is 0 Å². The number of aliphatic hydroxyl groups excluding tert-OH is 1. The van der Waals surface area contributed by atoms with Gasteiger partial charge >= 0.3 is 0 Å². The van der Waals surface area contributed by atoms with Gasteiger partial charge in [0.25, 0.3) is 0 Å². The van der Waals surface area contributed by atoms with Crippen LogP contribution in [0.4, 0.5) is 0 Å². The van der Waals surface area contributed by atoms with Crippen molar-refractivity contribution in [3.63, 3.8) is 0 Å². The number of unbranched alkanes of at least 4 members (excludes halogenated alkanes) is 1. The molecule has 0 spiro atoms. The molecule has 0 saturated heterocycles. The van der Waals surface area contributed by atoms with Gasteiger partial charge in [0.1, 0.15) is 5.78 Å². The molecular weight excluding hydrogens is 176 g/mol. The molecule has 1 aliphatic carbocycles. The van der Waals surface area contributed by atoms with Crippen LogP contribution >= 0.6 is 0 Å². The number of rotatable bonds is 5. The average molecular weight is 196 g/mol. The van der Waals surface area contributed by atoms with Crippen LogP contribution in [-0.4, -0.2) is 17.5 Å². The molecule has 0 amide bonds. The smallest absolute Gasteiger partial charge is 0.136 e. The lowest BCUT2D eigenvalue weighted by molar-refractivity contribution is -0.121. The third kappa shape index (κ3) is 2.68. The first kappa shape index (κ1) is 11.4. The maximum Gasteiger partial charge on any atom is 0.136 e. The minimum Gasteiger partial charge on any atom is -0.396 e. The second-order valence-corrected chi connectivity index (χ2v) is 4.28. The molecule has 1 N–H and O–H groups in total. The van der Waals surface area contributed by atoms with Crippen molar-refractivity contribution < 1.29 is 9.90 Å². The van der Waals surface area contributed by atoms with Crippen LogP contribution in [0.3, 0.4) is 0 Å². The van der Waals surface area contributed by atoms with Gasteiger partial charge in [0.15, 0.2) is 0 Å². The van der Waals surface area contributed by atoms with E-state index in [0.29, 0.717) is 11.7 Å². The molecule has 2 nitrogen and oxygen atoms in total. The molecule has 0 aromatic carbocycles. The highest BCUT2D eigenvalue weighted by molar-refractivity contribution is 5.83. The number of carbonyl (C=O) groups is 1. The SMILES string of the molecule is C=C(C)[C@H]1CCC(=O)[C@H]1CCCCO. The minimum atomic E-state index is 0.194. The Morgan fingerprint density at radius 1 is 1.57 bits per heavy atom. The van der Waals surface area contributed by atoms with Gasteiger partial charge in [-0.1, -0.05) is 18.6 Å². The van der Waals surface area contributed by atoms with Gasteiger partial charge in [-0.25, -0.2) is 0 Å². The lowest BCUT2D eigenvalue weighted by Gasteiger charge is -2.17. The Kier molecular flexibility index (Phi) is 4.33. The summed E-state index contributed by atoms with van der Waals surface area (Å²) in [7, 11) is 0. The van der Waals surface area contributed by atoms with Gasteiger partial charge in [-0.05, 0) is 32.1 Å². The molecule has 14 heavy (non-hydrogen) atoms. The van der Waals surface area contributed by atoms with Crippen LogP contribution in [0.15, 0.2) is 12.2 Å². The van der Waals surface area contributed by atoms with E-state index in [9.17, 15) is 4.79 Å². The maximum atomic E-state index is 11.6. The van der Waals surface area contributed by atoms with Crippen LogP contribution in [0, 0.1) is 11.8 Å². The summed E-state index contributed by atoms with van der Waals surface area (Å²) in [6, 6.07) is 0. The Balaban J connectivity index is 2.45. The monoisotopic (exact) mass is 196 g/mol. The number of allylic oxidation sites excluding steroid dienone is 1. The molecule has 80 valence electrons. The molecule has 1 aliphatic rings. The van der Waals surface area contributed by atoms with E-state index in [2.05, 4.69) is 6.58 Å². The summed E-state index contributed by atoms with van der Waals surface area (Å²) in [6.07, 6.45) is 4.40. The van der Waals surface area contributed by atoms with E-state index in [0.717, 1.165) is 37.7 Å². The second kappa shape index (κ2) is 5.30. The molecule has 0 aromatic rings. The summed E-state index contributed by atoms with van der Waals surface area (Å²) in [5.41, 5.74) is 1.14. The van der Waals surface area contributed by atoms with E-state index in [1.54, 1.807) is 0 Å². The zero-order valence-corrected chi connectivity index (χ0v) is 8.96. The van der Waals surface area contributed by atoms with Crippen molar-refractivity contribution in [1.29, 1.82) is 0 Å². The van der Waals surface area contributed by atoms with Crippen LogP contribution in [0.1, 0.15) is 39.0 Å². The fraction of sp³-hybridized carbons (Fsp3) is 0.750. The van der Waals surface area contributed by atoms with Crippen LogP contribution < -0.4 is 0 Å². The van der Waals surface area contributed by atoms with E-state index in [1.165, 1.54) is 0 Å². The van der Waals surface area contributed by atoms with Gasteiger partial charge in [0.05, 0.1) is 0 Å². The summed E-state index contributed by atoms with van der Waals surface area (Å²) < 4.78 is 0. The molecule has 0 bridgehead atoms. The van der Waals surface area contributed by atoms with Crippen molar-refractivity contribution in [2.45, 2.75) is 39.0 Å². The number of hydrogen-bond acceptors (Lipinski definition) is 2. The Labute approximate surface area is 86.0 Å². The van der Waals surface area contributed by atoms with Gasteiger partial charge in [-0.15, -0.1) is 0 Å². The number of aliphatic hydroxyl groups is 1. The Morgan fingerprint density at radius 3 is 2.86 bits per heavy atom. The van der Waals surface area contributed by atoms with Gasteiger partial charge in [0.2, 0.25) is 0 Å². The molecule has 2 heteroatoms. The first-order valence-electron chi connectivity index (χ1n) is 5.45. The highest BCUT2D eigenvalue weighted by atomic mass is 16.2. The first-order valence-corrected chi connectivity index (χ1v) is 5.45. The van der Waals surface area contributed by atoms with Crippen molar-refractivity contribution in [3.05, 3.63) is 12.2 Å². The van der Waals surface area contributed by atoms with Crippen molar-refractivity contribution in [2.24, 2.45) is 11.8 Å². The highest BCUT2D eigenvalue weighted by Gasteiger charge is 2.33. The molecule has 0 radical (unpaired) electrons. The molecule has 0 aliphatic heterocycles. The molecular formula is C12H20O2. The topological polar surface area (TPSA) is 37.3 Å². The summed E-state index contributed by atoms with van der Waals surface area (Å²) in [5.74, 6) is 0.996. The number of carbonyl (C=O) groups excluding carboxylic acids is 1. The summed E-state index contributed by atoms with van der Waals surface area (Å²) in [6.45, 7) is 6.20. The second-order valence-electron chi connectivity index (χ2n) is 4.28. The Bertz CT molecular complexity index is 220. The summed E-state index contributed by atoms with van der Waals surface area (Å²) in [5, 5.41) is 8.68. The third-order valence-corrected chi connectivity index (χ3v) is 3.16. The largest absolute Gasteiger partial charge is 0.396 e. The number of hydrogen-bond donors (Lipinski definition) is 1. The van der Waals surface area contributed by atoms with Gasteiger partial charge < -0.3 is 5.11 Å². The van der Waals surface area contributed by atoms with Gasteiger partial charge in [-0.3, -0.25) is 4.79 Å². The minimum absolute atomic E-state index is 0.194. The summed E-state index contributed by atoms with van der Waals surface area (Å²) >= 11 is 0. The molecule has 0 unspecified atom stereocenters. The van der Waals surface area contributed by atoms with Crippen LogP contribution in [0.25, 0.3) is 0 Å². The fourth-order valence-electron chi connectivity index (χ4n) is 2.34. The molecule has 1 fully saturated rings. The fourth-order valence-corrected chi connectivity index (χ4v) is 2.34. The molecule has 1 rings (SSSR count). The van der Waals surface area contributed by atoms with Crippen molar-refractivity contribution in [2.75, 3.05) is 6.61 Å². The molecule has 2 atom stereocenters. The molecule has 1 saturated carbocycles. The zero-order chi connectivity index (χ0) is 10.6. The lowest BCUT2D eigenvalue weighted by Crippen LogP contribution is -2.15. The first-order chi connectivity index (χ1) is 6.66. The van der Waals surface area contributed by atoms with Crippen LogP contribution in [-0.2, 0) is 4.79 Å². The predicted octanol–water partition coefficient (Wildman–Crippen LogP) is 2.32.